The Labute approximate surface area is 103 Å². The molecule has 9 nitrogen and oxygen atoms in total. The normalized spacial score (nSPS) is 6.83. The molecule has 0 saturated carbocycles. The zero-order chi connectivity index (χ0) is 15.0. The summed E-state index contributed by atoms with van der Waals surface area (Å²) in [5, 5.41) is 22.2. The van der Waals surface area contributed by atoms with Crippen molar-refractivity contribution in [2.45, 2.75) is 20.8 Å². The first-order chi connectivity index (χ1) is 8.20. The van der Waals surface area contributed by atoms with Crippen LogP contribution >= 0.6 is 0 Å². The van der Waals surface area contributed by atoms with Crippen molar-refractivity contribution in [2.24, 2.45) is 0 Å². The minimum atomic E-state index is -0.833. The van der Waals surface area contributed by atoms with E-state index < -0.39 is 17.9 Å². The lowest BCUT2D eigenvalue weighted by Gasteiger charge is -1.69. The molecular formula is C9H15N3O6. The van der Waals surface area contributed by atoms with Crippen LogP contribution in [0.15, 0.2) is 19.0 Å². The van der Waals surface area contributed by atoms with E-state index in [-0.39, 0.29) is 0 Å². The molecule has 0 aliphatic rings. The first kappa shape index (κ1) is 20.8. The maximum atomic E-state index is 9.00. The molecule has 0 amide bonds. The predicted octanol–water partition coefficient (Wildman–Crippen LogP) is 0.144. The Kier molecular flexibility index (Phi) is 19.4. The molecule has 102 valence electrons. The maximum Gasteiger partial charge on any atom is 0.300 e. The van der Waals surface area contributed by atoms with Crippen molar-refractivity contribution in [3.05, 3.63) is 19.0 Å². The average Bonchev–Trinajstić information content (AvgIpc) is 2.17. The number of aliphatic carboxylic acids is 3. The Morgan fingerprint density at radius 3 is 0.833 bits per heavy atom. The molecule has 3 N–H and O–H groups in total. The number of aromatic nitrogens is 3. The van der Waals surface area contributed by atoms with Gasteiger partial charge in [0, 0.05) is 20.8 Å². The highest BCUT2D eigenvalue weighted by atomic mass is 16.4. The van der Waals surface area contributed by atoms with Gasteiger partial charge in [0.1, 0.15) is 19.0 Å². The van der Waals surface area contributed by atoms with Gasteiger partial charge in [-0.2, -0.15) is 0 Å². The molecule has 0 saturated heterocycles. The minimum absolute atomic E-state index is 0.833. The lowest BCUT2D eigenvalue weighted by Crippen LogP contribution is -1.78. The summed E-state index contributed by atoms with van der Waals surface area (Å²) in [6.45, 7) is 3.25. The van der Waals surface area contributed by atoms with E-state index in [1.165, 1.54) is 19.0 Å². The van der Waals surface area contributed by atoms with E-state index in [0.717, 1.165) is 20.8 Å². The van der Waals surface area contributed by atoms with Crippen LogP contribution < -0.4 is 0 Å². The van der Waals surface area contributed by atoms with E-state index in [9.17, 15) is 0 Å². The van der Waals surface area contributed by atoms with Gasteiger partial charge in [0.2, 0.25) is 0 Å². The van der Waals surface area contributed by atoms with Gasteiger partial charge in [0.25, 0.3) is 17.9 Å². The van der Waals surface area contributed by atoms with Crippen molar-refractivity contribution < 1.29 is 29.7 Å². The molecule has 0 aliphatic carbocycles. The molecule has 18 heavy (non-hydrogen) atoms. The summed E-state index contributed by atoms with van der Waals surface area (Å²) in [6.07, 6.45) is 4.31. The second-order valence-corrected chi connectivity index (χ2v) is 2.35. The predicted molar refractivity (Wildman–Crippen MR) is 59.8 cm³/mol. The number of rotatable bonds is 0. The van der Waals surface area contributed by atoms with Gasteiger partial charge in [0.15, 0.2) is 0 Å². The Bertz CT molecular complexity index is 263. The van der Waals surface area contributed by atoms with Crippen molar-refractivity contribution in [2.75, 3.05) is 0 Å². The summed E-state index contributed by atoms with van der Waals surface area (Å²) < 4.78 is 0. The fraction of sp³-hybridized carbons (Fsp3) is 0.333. The van der Waals surface area contributed by atoms with E-state index in [4.69, 9.17) is 29.7 Å². The van der Waals surface area contributed by atoms with E-state index in [2.05, 4.69) is 15.0 Å². The molecule has 0 atom stereocenters. The summed E-state index contributed by atoms with van der Waals surface area (Å²) >= 11 is 0. The van der Waals surface area contributed by atoms with Gasteiger partial charge in [-0.3, -0.25) is 14.4 Å². The summed E-state index contributed by atoms with van der Waals surface area (Å²) in [5.41, 5.74) is 0. The second kappa shape index (κ2) is 16.8. The third-order valence-electron chi connectivity index (χ3n) is 0.400. The average molecular weight is 261 g/mol. The lowest BCUT2D eigenvalue weighted by atomic mass is 10.9. The lowest BCUT2D eigenvalue weighted by molar-refractivity contribution is -0.135. The molecule has 1 aromatic heterocycles. The van der Waals surface area contributed by atoms with Crippen LogP contribution in [0.5, 0.6) is 0 Å². The first-order valence-corrected chi connectivity index (χ1v) is 4.33. The molecule has 1 rings (SSSR count). The number of carboxylic acid groups (broad SMARTS) is 3. The van der Waals surface area contributed by atoms with Crippen LogP contribution in [0, 0.1) is 0 Å². The molecule has 0 bridgehead atoms. The second-order valence-electron chi connectivity index (χ2n) is 2.35. The molecule has 0 aliphatic heterocycles. The fourth-order valence-corrected chi connectivity index (χ4v) is 0.205. The van der Waals surface area contributed by atoms with Gasteiger partial charge in [-0.25, -0.2) is 15.0 Å². The summed E-state index contributed by atoms with van der Waals surface area (Å²) in [5.74, 6) is -2.50. The van der Waals surface area contributed by atoms with Crippen LogP contribution in [-0.2, 0) is 14.4 Å². The van der Waals surface area contributed by atoms with Crippen molar-refractivity contribution in [3.63, 3.8) is 0 Å². The van der Waals surface area contributed by atoms with Crippen LogP contribution in [0.2, 0.25) is 0 Å². The first-order valence-electron chi connectivity index (χ1n) is 4.33. The molecule has 0 fully saturated rings. The van der Waals surface area contributed by atoms with E-state index >= 15 is 0 Å². The maximum absolute atomic E-state index is 9.00. The Morgan fingerprint density at radius 1 is 0.667 bits per heavy atom. The molecule has 1 heterocycles. The van der Waals surface area contributed by atoms with Crippen molar-refractivity contribution in [3.8, 4) is 0 Å². The Hall–Kier alpha value is -2.58. The van der Waals surface area contributed by atoms with Crippen LogP contribution in [-0.4, -0.2) is 48.2 Å². The van der Waals surface area contributed by atoms with Crippen molar-refractivity contribution >= 4 is 17.9 Å². The van der Waals surface area contributed by atoms with E-state index in [1.807, 2.05) is 0 Å². The fourth-order valence-electron chi connectivity index (χ4n) is 0.205. The summed E-state index contributed by atoms with van der Waals surface area (Å²) in [4.78, 5) is 37.7. The largest absolute Gasteiger partial charge is 0.481 e. The zero-order valence-corrected chi connectivity index (χ0v) is 10.1. The van der Waals surface area contributed by atoms with Crippen LogP contribution in [0.4, 0.5) is 0 Å². The zero-order valence-electron chi connectivity index (χ0n) is 10.1. The van der Waals surface area contributed by atoms with Gasteiger partial charge in [-0.15, -0.1) is 0 Å². The molecule has 1 aromatic rings. The number of hydrogen-bond donors (Lipinski definition) is 3. The highest BCUT2D eigenvalue weighted by Crippen LogP contribution is 1.57. The third-order valence-corrected chi connectivity index (χ3v) is 0.400. The Morgan fingerprint density at radius 2 is 0.778 bits per heavy atom. The standard InChI is InChI=1S/C3H3N3.3C2H4O2/c1-4-2-6-3-5-1;3*1-2(3)4/h1-3H;3*1H3,(H,3,4). The number of hydrogen-bond acceptors (Lipinski definition) is 6. The van der Waals surface area contributed by atoms with Gasteiger partial charge < -0.3 is 15.3 Å². The van der Waals surface area contributed by atoms with E-state index in [1.54, 1.807) is 0 Å². The molecule has 0 radical (unpaired) electrons. The topological polar surface area (TPSA) is 151 Å². The van der Waals surface area contributed by atoms with Crippen LogP contribution in [0.3, 0.4) is 0 Å². The van der Waals surface area contributed by atoms with Gasteiger partial charge in [-0.1, -0.05) is 0 Å². The van der Waals surface area contributed by atoms with Crippen LogP contribution in [0.25, 0.3) is 0 Å². The Balaban J connectivity index is -0.000000171. The van der Waals surface area contributed by atoms with E-state index in [0.29, 0.717) is 0 Å². The number of carboxylic acids is 3. The molecule has 0 unspecified atom stereocenters. The van der Waals surface area contributed by atoms with Gasteiger partial charge >= 0.3 is 0 Å². The highest BCUT2D eigenvalue weighted by Gasteiger charge is 1.66. The number of carbonyl (C=O) groups is 3. The molecule has 0 aromatic carbocycles. The quantitative estimate of drug-likeness (QED) is 0.592. The molecular weight excluding hydrogens is 246 g/mol. The van der Waals surface area contributed by atoms with Crippen molar-refractivity contribution in [1.82, 2.24) is 15.0 Å². The van der Waals surface area contributed by atoms with Crippen LogP contribution in [0.1, 0.15) is 20.8 Å². The molecule has 0 spiro atoms. The smallest absolute Gasteiger partial charge is 0.300 e. The van der Waals surface area contributed by atoms with Gasteiger partial charge in [0.05, 0.1) is 0 Å². The summed E-state index contributed by atoms with van der Waals surface area (Å²) in [7, 11) is 0. The van der Waals surface area contributed by atoms with Gasteiger partial charge in [-0.05, 0) is 0 Å². The third kappa shape index (κ3) is 177. The minimum Gasteiger partial charge on any atom is -0.481 e. The SMILES string of the molecule is CC(=O)O.CC(=O)O.CC(=O)O.c1ncncn1. The molecule has 9 heteroatoms. The monoisotopic (exact) mass is 261 g/mol. The van der Waals surface area contributed by atoms with Crippen molar-refractivity contribution in [1.29, 1.82) is 0 Å². The highest BCUT2D eigenvalue weighted by molar-refractivity contribution is 5.63. The number of nitrogens with zero attached hydrogens (tertiary/aromatic N) is 3. The summed E-state index contributed by atoms with van der Waals surface area (Å²) in [6, 6.07) is 0.